The zero-order valence-corrected chi connectivity index (χ0v) is 16.7. The van der Waals surface area contributed by atoms with Gasteiger partial charge in [-0.25, -0.2) is 0 Å². The molecule has 1 aromatic carbocycles. The van der Waals surface area contributed by atoms with Gasteiger partial charge in [-0.15, -0.1) is 11.3 Å². The number of benzene rings is 1. The number of rotatable bonds is 4. The molecule has 0 fully saturated rings. The molecule has 6 heteroatoms. The molecule has 1 aliphatic rings. The molecule has 0 radical (unpaired) electrons. The molecule has 4 rings (SSSR count). The van der Waals surface area contributed by atoms with Crippen molar-refractivity contribution in [1.82, 2.24) is 0 Å². The van der Waals surface area contributed by atoms with Crippen LogP contribution in [0.1, 0.15) is 50.3 Å². The van der Waals surface area contributed by atoms with E-state index in [9.17, 15) is 9.59 Å². The summed E-state index contributed by atoms with van der Waals surface area (Å²) in [4.78, 5) is 26.9. The average Bonchev–Trinajstić information content (AvgIpc) is 3.31. The van der Waals surface area contributed by atoms with Crippen molar-refractivity contribution in [2.24, 2.45) is 5.92 Å². The van der Waals surface area contributed by atoms with E-state index in [0.29, 0.717) is 16.5 Å². The summed E-state index contributed by atoms with van der Waals surface area (Å²) in [6, 6.07) is 11.0. The van der Waals surface area contributed by atoms with Gasteiger partial charge in [0.05, 0.1) is 11.8 Å². The van der Waals surface area contributed by atoms with Crippen LogP contribution in [0.5, 0.6) is 0 Å². The van der Waals surface area contributed by atoms with Crippen LogP contribution in [0.15, 0.2) is 47.1 Å². The summed E-state index contributed by atoms with van der Waals surface area (Å²) in [5.41, 5.74) is 3.41. The van der Waals surface area contributed by atoms with E-state index in [2.05, 4.69) is 17.6 Å². The third-order valence-corrected chi connectivity index (χ3v) is 6.27. The molecule has 0 saturated carbocycles. The summed E-state index contributed by atoms with van der Waals surface area (Å²) in [5.74, 6) is 0.273. The predicted octanol–water partition coefficient (Wildman–Crippen LogP) is 5.28. The van der Waals surface area contributed by atoms with Crippen LogP contribution in [0.4, 0.5) is 10.7 Å². The first kappa shape index (κ1) is 18.5. The van der Waals surface area contributed by atoms with Gasteiger partial charge in [0, 0.05) is 10.6 Å². The van der Waals surface area contributed by atoms with Gasteiger partial charge in [-0.2, -0.15) is 0 Å². The number of furan rings is 1. The lowest BCUT2D eigenvalue weighted by atomic mass is 9.88. The van der Waals surface area contributed by atoms with Crippen LogP contribution in [0, 0.1) is 12.8 Å². The molecule has 144 valence electrons. The number of hydrogen-bond donors (Lipinski definition) is 2. The Bertz CT molecular complexity index is 1020. The predicted molar refractivity (Wildman–Crippen MR) is 111 cm³/mol. The standard InChI is InChI=1S/C22H22N2O3S/c1-13-9-10-15-18(12-13)28-22(24-20(25)17-8-5-11-27-17)19(15)21(26)23-16-7-4-3-6-14(16)2/h3-8,11,13H,9-10,12H2,1-2H3,(H,23,26)(H,24,25). The number of hydrogen-bond acceptors (Lipinski definition) is 4. The van der Waals surface area contributed by atoms with Crippen molar-refractivity contribution in [1.29, 1.82) is 0 Å². The van der Waals surface area contributed by atoms with Gasteiger partial charge in [-0.1, -0.05) is 25.1 Å². The Hall–Kier alpha value is -2.86. The van der Waals surface area contributed by atoms with E-state index in [0.717, 1.165) is 36.1 Å². The number of anilines is 2. The van der Waals surface area contributed by atoms with Gasteiger partial charge < -0.3 is 15.1 Å². The summed E-state index contributed by atoms with van der Waals surface area (Å²) in [6.45, 7) is 4.18. The Labute approximate surface area is 167 Å². The maximum atomic E-state index is 13.2. The van der Waals surface area contributed by atoms with Gasteiger partial charge in [0.1, 0.15) is 5.00 Å². The van der Waals surface area contributed by atoms with Gasteiger partial charge in [-0.05, 0) is 61.4 Å². The third-order valence-electron chi connectivity index (χ3n) is 5.10. The van der Waals surface area contributed by atoms with Crippen LogP contribution in [0.2, 0.25) is 0 Å². The summed E-state index contributed by atoms with van der Waals surface area (Å²) < 4.78 is 5.19. The lowest BCUT2D eigenvalue weighted by Crippen LogP contribution is -2.19. The second-order valence-corrected chi connectivity index (χ2v) is 8.36. The quantitative estimate of drug-likeness (QED) is 0.632. The highest BCUT2D eigenvalue weighted by atomic mass is 32.1. The number of para-hydroxylation sites is 1. The molecular weight excluding hydrogens is 372 g/mol. The highest BCUT2D eigenvalue weighted by Crippen LogP contribution is 2.40. The normalized spacial score (nSPS) is 15.7. The fourth-order valence-electron chi connectivity index (χ4n) is 3.55. The number of amides is 2. The highest BCUT2D eigenvalue weighted by molar-refractivity contribution is 7.17. The topological polar surface area (TPSA) is 71.3 Å². The van der Waals surface area contributed by atoms with Gasteiger partial charge in [0.15, 0.2) is 5.76 Å². The summed E-state index contributed by atoms with van der Waals surface area (Å²) >= 11 is 1.50. The zero-order chi connectivity index (χ0) is 19.7. The van der Waals surface area contributed by atoms with Gasteiger partial charge in [0.2, 0.25) is 0 Å². The fourth-order valence-corrected chi connectivity index (χ4v) is 4.95. The van der Waals surface area contributed by atoms with Crippen molar-refractivity contribution in [3.8, 4) is 0 Å². The molecule has 2 N–H and O–H groups in total. The Morgan fingerprint density at radius 3 is 2.68 bits per heavy atom. The van der Waals surface area contributed by atoms with Crippen molar-refractivity contribution >= 4 is 33.8 Å². The van der Waals surface area contributed by atoms with E-state index in [1.54, 1.807) is 12.1 Å². The summed E-state index contributed by atoms with van der Waals surface area (Å²) in [7, 11) is 0. The number of fused-ring (bicyclic) bond motifs is 1. The maximum absolute atomic E-state index is 13.2. The van der Waals surface area contributed by atoms with E-state index >= 15 is 0 Å². The average molecular weight is 394 g/mol. The lowest BCUT2D eigenvalue weighted by molar-refractivity contribution is 0.0997. The van der Waals surface area contributed by atoms with Crippen LogP contribution in [-0.4, -0.2) is 11.8 Å². The molecule has 0 bridgehead atoms. The molecule has 2 heterocycles. The zero-order valence-electron chi connectivity index (χ0n) is 15.9. The molecule has 1 unspecified atom stereocenters. The molecule has 2 aromatic heterocycles. The molecular formula is C22H22N2O3S. The van der Waals surface area contributed by atoms with E-state index in [4.69, 9.17) is 4.42 Å². The number of thiophene rings is 1. The van der Waals surface area contributed by atoms with E-state index < -0.39 is 0 Å². The van der Waals surface area contributed by atoms with Crippen molar-refractivity contribution in [3.05, 3.63) is 70.0 Å². The van der Waals surface area contributed by atoms with Gasteiger partial charge in [-0.3, -0.25) is 9.59 Å². The smallest absolute Gasteiger partial charge is 0.291 e. The van der Waals surface area contributed by atoms with E-state index in [1.165, 1.54) is 22.5 Å². The Morgan fingerprint density at radius 2 is 1.93 bits per heavy atom. The number of carbonyl (C=O) groups excluding carboxylic acids is 2. The minimum absolute atomic E-state index is 0.184. The van der Waals surface area contributed by atoms with Crippen molar-refractivity contribution in [3.63, 3.8) is 0 Å². The molecule has 0 saturated heterocycles. The van der Waals surface area contributed by atoms with Crippen molar-refractivity contribution < 1.29 is 14.0 Å². The van der Waals surface area contributed by atoms with Gasteiger partial charge >= 0.3 is 0 Å². The first-order valence-corrected chi connectivity index (χ1v) is 10.2. The fraction of sp³-hybridized carbons (Fsp3) is 0.273. The largest absolute Gasteiger partial charge is 0.459 e. The molecule has 1 aliphatic carbocycles. The van der Waals surface area contributed by atoms with Crippen LogP contribution >= 0.6 is 11.3 Å². The maximum Gasteiger partial charge on any atom is 0.291 e. The number of aryl methyl sites for hydroxylation is 1. The van der Waals surface area contributed by atoms with Crippen LogP contribution < -0.4 is 10.6 Å². The Morgan fingerprint density at radius 1 is 1.11 bits per heavy atom. The van der Waals surface area contributed by atoms with Crippen LogP contribution in [0.25, 0.3) is 0 Å². The molecule has 2 amide bonds. The molecule has 5 nitrogen and oxygen atoms in total. The Balaban J connectivity index is 1.69. The first-order valence-electron chi connectivity index (χ1n) is 9.39. The van der Waals surface area contributed by atoms with Crippen LogP contribution in [0.3, 0.4) is 0 Å². The summed E-state index contributed by atoms with van der Waals surface area (Å²) in [5, 5.41) is 6.50. The van der Waals surface area contributed by atoms with Crippen molar-refractivity contribution in [2.45, 2.75) is 33.1 Å². The minimum Gasteiger partial charge on any atom is -0.459 e. The monoisotopic (exact) mass is 394 g/mol. The van der Waals surface area contributed by atoms with E-state index in [-0.39, 0.29) is 17.6 Å². The lowest BCUT2D eigenvalue weighted by Gasteiger charge is -2.19. The SMILES string of the molecule is Cc1ccccc1NC(=O)c1c(NC(=O)c2ccco2)sc2c1CCC(C)C2. The summed E-state index contributed by atoms with van der Waals surface area (Å²) in [6.07, 6.45) is 4.28. The second-order valence-electron chi connectivity index (χ2n) is 7.26. The third kappa shape index (κ3) is 3.60. The number of carbonyl (C=O) groups is 2. The molecule has 1 atom stereocenters. The first-order chi connectivity index (χ1) is 13.5. The Kier molecular flexibility index (Phi) is 5.05. The second kappa shape index (κ2) is 7.64. The highest BCUT2D eigenvalue weighted by Gasteiger charge is 2.29. The molecule has 3 aromatic rings. The molecule has 0 spiro atoms. The van der Waals surface area contributed by atoms with Gasteiger partial charge in [0.25, 0.3) is 11.8 Å². The number of nitrogens with one attached hydrogen (secondary N) is 2. The van der Waals surface area contributed by atoms with E-state index in [1.807, 2.05) is 31.2 Å². The molecule has 0 aliphatic heterocycles. The van der Waals surface area contributed by atoms with Crippen LogP contribution in [-0.2, 0) is 12.8 Å². The molecule has 28 heavy (non-hydrogen) atoms. The minimum atomic E-state index is -0.346. The van der Waals surface area contributed by atoms with Crippen molar-refractivity contribution in [2.75, 3.05) is 10.6 Å².